The first-order valence-electron chi connectivity index (χ1n) is 6.29. The van der Waals surface area contributed by atoms with E-state index in [2.05, 4.69) is 5.32 Å². The zero-order valence-corrected chi connectivity index (χ0v) is 11.1. The van der Waals surface area contributed by atoms with E-state index >= 15 is 0 Å². The predicted molar refractivity (Wildman–Crippen MR) is 71.2 cm³/mol. The van der Waals surface area contributed by atoms with Gasteiger partial charge >= 0.3 is 0 Å². The molecule has 2 aromatic rings. The highest BCUT2D eigenvalue weighted by molar-refractivity contribution is 5.19. The summed E-state index contributed by atoms with van der Waals surface area (Å²) in [5, 5.41) is 13.2. The van der Waals surface area contributed by atoms with Crippen molar-refractivity contribution in [3.8, 4) is 0 Å². The van der Waals surface area contributed by atoms with Crippen LogP contribution in [0.5, 0.6) is 0 Å². The van der Waals surface area contributed by atoms with Gasteiger partial charge in [0.15, 0.2) is 0 Å². The molecule has 0 saturated carbocycles. The number of halogens is 1. The van der Waals surface area contributed by atoms with Gasteiger partial charge < -0.3 is 14.8 Å². The molecule has 1 aromatic heterocycles. The van der Waals surface area contributed by atoms with Crippen molar-refractivity contribution < 1.29 is 13.9 Å². The van der Waals surface area contributed by atoms with Crippen LogP contribution >= 0.6 is 0 Å². The van der Waals surface area contributed by atoms with Gasteiger partial charge in [-0.05, 0) is 43.7 Å². The Morgan fingerprint density at radius 1 is 1.21 bits per heavy atom. The van der Waals surface area contributed by atoms with E-state index in [1.165, 1.54) is 12.1 Å². The summed E-state index contributed by atoms with van der Waals surface area (Å²) in [4.78, 5) is 0. The second-order valence-electron chi connectivity index (χ2n) is 4.65. The van der Waals surface area contributed by atoms with Crippen molar-refractivity contribution in [3.05, 3.63) is 59.3 Å². The van der Waals surface area contributed by atoms with Gasteiger partial charge in [0.2, 0.25) is 0 Å². The Morgan fingerprint density at radius 2 is 1.89 bits per heavy atom. The van der Waals surface area contributed by atoms with Crippen LogP contribution in [-0.2, 0) is 0 Å². The fourth-order valence-corrected chi connectivity index (χ4v) is 1.88. The summed E-state index contributed by atoms with van der Waals surface area (Å²) in [7, 11) is 0. The number of nitrogens with one attached hydrogen (secondary N) is 1. The Morgan fingerprint density at radius 3 is 2.47 bits per heavy atom. The van der Waals surface area contributed by atoms with Gasteiger partial charge in [0.1, 0.15) is 17.3 Å². The second-order valence-corrected chi connectivity index (χ2v) is 4.65. The molecule has 2 rings (SSSR count). The molecule has 0 bridgehead atoms. The molecule has 0 radical (unpaired) electrons. The maximum atomic E-state index is 12.8. The number of aliphatic hydroxyl groups excluding tert-OH is 1. The second kappa shape index (κ2) is 5.99. The quantitative estimate of drug-likeness (QED) is 0.871. The number of hydrogen-bond acceptors (Lipinski definition) is 3. The van der Waals surface area contributed by atoms with Gasteiger partial charge in [0.25, 0.3) is 0 Å². The van der Waals surface area contributed by atoms with Crippen LogP contribution in [0.15, 0.2) is 40.8 Å². The fourth-order valence-electron chi connectivity index (χ4n) is 1.88. The van der Waals surface area contributed by atoms with E-state index in [-0.39, 0.29) is 11.9 Å². The van der Waals surface area contributed by atoms with E-state index in [1.54, 1.807) is 12.1 Å². The van der Waals surface area contributed by atoms with Crippen LogP contribution < -0.4 is 5.32 Å². The average Bonchev–Trinajstić information content (AvgIpc) is 2.83. The maximum absolute atomic E-state index is 12.8. The number of aryl methyl sites for hydroxylation is 1. The molecule has 4 heteroatoms. The van der Waals surface area contributed by atoms with E-state index < -0.39 is 6.10 Å². The summed E-state index contributed by atoms with van der Waals surface area (Å²) < 4.78 is 18.3. The Labute approximate surface area is 112 Å². The van der Waals surface area contributed by atoms with Gasteiger partial charge in [0, 0.05) is 6.54 Å². The third-order valence-corrected chi connectivity index (χ3v) is 3.06. The highest BCUT2D eigenvalue weighted by Crippen LogP contribution is 2.17. The third kappa shape index (κ3) is 3.66. The van der Waals surface area contributed by atoms with Crippen LogP contribution in [0, 0.1) is 12.7 Å². The summed E-state index contributed by atoms with van der Waals surface area (Å²) in [5.74, 6) is 1.40. The lowest BCUT2D eigenvalue weighted by atomic mass is 10.1. The molecule has 0 aliphatic carbocycles. The number of benzene rings is 1. The van der Waals surface area contributed by atoms with Gasteiger partial charge in [-0.3, -0.25) is 0 Å². The van der Waals surface area contributed by atoms with Crippen LogP contribution in [0.2, 0.25) is 0 Å². The molecule has 0 aliphatic heterocycles. The number of hydrogen-bond donors (Lipinski definition) is 2. The van der Waals surface area contributed by atoms with Gasteiger partial charge in [-0.25, -0.2) is 4.39 Å². The molecule has 102 valence electrons. The van der Waals surface area contributed by atoms with E-state index in [0.717, 1.165) is 11.5 Å². The predicted octanol–water partition coefficient (Wildman–Crippen LogP) is 3.11. The largest absolute Gasteiger partial charge is 0.465 e. The Balaban J connectivity index is 1.89. The fraction of sp³-hybridized carbons (Fsp3) is 0.333. The zero-order valence-electron chi connectivity index (χ0n) is 11.1. The lowest BCUT2D eigenvalue weighted by Crippen LogP contribution is -2.24. The summed E-state index contributed by atoms with van der Waals surface area (Å²) in [6, 6.07) is 9.70. The molecule has 3 nitrogen and oxygen atoms in total. The van der Waals surface area contributed by atoms with Crippen LogP contribution in [0.4, 0.5) is 4.39 Å². The third-order valence-electron chi connectivity index (χ3n) is 3.06. The topological polar surface area (TPSA) is 45.4 Å². The van der Waals surface area contributed by atoms with E-state index in [0.29, 0.717) is 12.1 Å². The van der Waals surface area contributed by atoms with Crippen molar-refractivity contribution in [2.75, 3.05) is 6.54 Å². The molecule has 2 unspecified atom stereocenters. The normalized spacial score (nSPS) is 14.3. The molecule has 0 saturated heterocycles. The average molecular weight is 263 g/mol. The van der Waals surface area contributed by atoms with Crippen molar-refractivity contribution in [1.29, 1.82) is 0 Å². The van der Waals surface area contributed by atoms with Crippen molar-refractivity contribution in [2.24, 2.45) is 0 Å². The van der Waals surface area contributed by atoms with Crippen LogP contribution in [0.1, 0.15) is 36.2 Å². The molecule has 19 heavy (non-hydrogen) atoms. The molecular weight excluding hydrogens is 245 g/mol. The van der Waals surface area contributed by atoms with Crippen LogP contribution in [0.25, 0.3) is 0 Å². The highest BCUT2D eigenvalue weighted by atomic mass is 19.1. The summed E-state index contributed by atoms with van der Waals surface area (Å²) in [5.41, 5.74) is 0.691. The van der Waals surface area contributed by atoms with Gasteiger partial charge in [-0.15, -0.1) is 0 Å². The number of furan rings is 1. The molecule has 2 atom stereocenters. The summed E-state index contributed by atoms with van der Waals surface area (Å²) in [6.07, 6.45) is -0.667. The molecule has 0 amide bonds. The van der Waals surface area contributed by atoms with Crippen molar-refractivity contribution in [2.45, 2.75) is 26.0 Å². The first-order valence-corrected chi connectivity index (χ1v) is 6.29. The lowest BCUT2D eigenvalue weighted by molar-refractivity contribution is 0.169. The summed E-state index contributed by atoms with van der Waals surface area (Å²) in [6.45, 7) is 4.24. The monoisotopic (exact) mass is 263 g/mol. The zero-order chi connectivity index (χ0) is 13.8. The minimum absolute atomic E-state index is 0.0174. The molecule has 0 aliphatic rings. The Hall–Kier alpha value is -1.65. The van der Waals surface area contributed by atoms with Crippen molar-refractivity contribution >= 4 is 0 Å². The lowest BCUT2D eigenvalue weighted by Gasteiger charge is -2.16. The maximum Gasteiger partial charge on any atom is 0.123 e. The van der Waals surface area contributed by atoms with Gasteiger partial charge in [0.05, 0.1) is 12.1 Å². The Kier molecular flexibility index (Phi) is 4.35. The smallest absolute Gasteiger partial charge is 0.123 e. The number of rotatable bonds is 5. The first kappa shape index (κ1) is 13.8. The highest BCUT2D eigenvalue weighted by Gasteiger charge is 2.12. The van der Waals surface area contributed by atoms with Gasteiger partial charge in [-0.1, -0.05) is 12.1 Å². The van der Waals surface area contributed by atoms with Crippen LogP contribution in [-0.4, -0.2) is 11.7 Å². The molecule has 1 aromatic carbocycles. The van der Waals surface area contributed by atoms with Gasteiger partial charge in [-0.2, -0.15) is 0 Å². The summed E-state index contributed by atoms with van der Waals surface area (Å²) >= 11 is 0. The Bertz CT molecular complexity index is 521. The molecular formula is C15H18FNO2. The van der Waals surface area contributed by atoms with E-state index in [4.69, 9.17) is 4.42 Å². The SMILES string of the molecule is Cc1ccc(C(C)NCC(O)c2ccc(F)cc2)o1. The van der Waals surface area contributed by atoms with Crippen molar-refractivity contribution in [1.82, 2.24) is 5.32 Å². The minimum atomic E-state index is -0.667. The molecule has 2 N–H and O–H groups in total. The van der Waals surface area contributed by atoms with Crippen molar-refractivity contribution in [3.63, 3.8) is 0 Å². The van der Waals surface area contributed by atoms with E-state index in [9.17, 15) is 9.50 Å². The standard InChI is InChI=1S/C15H18FNO2/c1-10-3-8-15(19-10)11(2)17-9-14(18)12-4-6-13(16)7-5-12/h3-8,11,14,17-18H,9H2,1-2H3. The first-order chi connectivity index (χ1) is 9.06. The molecule has 0 spiro atoms. The molecule has 1 heterocycles. The van der Waals surface area contributed by atoms with E-state index in [1.807, 2.05) is 26.0 Å². The number of aliphatic hydroxyl groups is 1. The molecule has 0 fully saturated rings. The van der Waals surface area contributed by atoms with Crippen LogP contribution in [0.3, 0.4) is 0 Å². The minimum Gasteiger partial charge on any atom is -0.465 e.